The van der Waals surface area contributed by atoms with Crippen LogP contribution in [-0.4, -0.2) is 40.6 Å². The highest BCUT2D eigenvalue weighted by Gasteiger charge is 2.16. The normalized spacial score (nSPS) is 12.2. The fraction of sp³-hybridized carbons (Fsp3) is 0.333. The Bertz CT molecular complexity index is 610. The summed E-state index contributed by atoms with van der Waals surface area (Å²) in [4.78, 5) is 18.2. The Hall–Kier alpha value is -1.43. The summed E-state index contributed by atoms with van der Waals surface area (Å²) in [7, 11) is 1.71. The van der Waals surface area contributed by atoms with E-state index in [0.29, 0.717) is 23.7 Å². The van der Waals surface area contributed by atoms with E-state index >= 15 is 0 Å². The Morgan fingerprint density at radius 3 is 2.71 bits per heavy atom. The lowest BCUT2D eigenvalue weighted by molar-refractivity contribution is 0.0764. The molecule has 6 heteroatoms. The highest BCUT2D eigenvalue weighted by atomic mass is 35.5. The number of nitrogens with zero attached hydrogens (tertiary/aromatic N) is 2. The van der Waals surface area contributed by atoms with Gasteiger partial charge in [-0.2, -0.15) is 0 Å². The van der Waals surface area contributed by atoms with E-state index in [4.69, 9.17) is 11.6 Å². The summed E-state index contributed by atoms with van der Waals surface area (Å²) in [5, 5.41) is 12.5. The summed E-state index contributed by atoms with van der Waals surface area (Å²) in [5.74, 6) is -0.132. The third-order valence-corrected chi connectivity index (χ3v) is 4.19. The molecule has 1 aromatic heterocycles. The summed E-state index contributed by atoms with van der Waals surface area (Å²) in [5.41, 5.74) is 1.37. The number of carbonyl (C=O) groups is 1. The molecule has 0 saturated heterocycles. The van der Waals surface area contributed by atoms with Gasteiger partial charge in [0.15, 0.2) is 0 Å². The van der Waals surface area contributed by atoms with Crippen LogP contribution in [0.2, 0.25) is 5.02 Å². The zero-order valence-corrected chi connectivity index (χ0v) is 13.5. The number of benzene rings is 1. The summed E-state index contributed by atoms with van der Waals surface area (Å²) in [6.07, 6.45) is 0.136. The quantitative estimate of drug-likeness (QED) is 0.918. The van der Waals surface area contributed by atoms with E-state index in [-0.39, 0.29) is 5.91 Å². The Morgan fingerprint density at radius 1 is 1.43 bits per heavy atom. The highest BCUT2D eigenvalue weighted by molar-refractivity contribution is 7.13. The summed E-state index contributed by atoms with van der Waals surface area (Å²) in [6, 6.07) is 7.36. The van der Waals surface area contributed by atoms with Crippen molar-refractivity contribution in [1.29, 1.82) is 0 Å². The number of aromatic nitrogens is 1. The van der Waals surface area contributed by atoms with Gasteiger partial charge in [0.1, 0.15) is 10.7 Å². The molecule has 0 spiro atoms. The SMILES string of the molecule is CC(O)CCN(C)C(=O)c1csc(-c2ccc(Cl)cc2)n1. The molecular weight excluding hydrogens is 308 g/mol. The van der Waals surface area contributed by atoms with E-state index in [1.165, 1.54) is 11.3 Å². The monoisotopic (exact) mass is 324 g/mol. The number of amides is 1. The molecular formula is C15H17ClN2O2S. The third kappa shape index (κ3) is 4.27. The van der Waals surface area contributed by atoms with Crippen molar-refractivity contribution in [3.63, 3.8) is 0 Å². The van der Waals surface area contributed by atoms with E-state index in [2.05, 4.69) is 4.98 Å². The largest absolute Gasteiger partial charge is 0.393 e. The van der Waals surface area contributed by atoms with Crippen LogP contribution in [0.1, 0.15) is 23.8 Å². The Kier molecular flexibility index (Phi) is 5.33. The molecule has 1 amide bonds. The van der Waals surface area contributed by atoms with Crippen LogP contribution in [0.15, 0.2) is 29.6 Å². The first kappa shape index (κ1) is 15.9. The highest BCUT2D eigenvalue weighted by Crippen LogP contribution is 2.25. The van der Waals surface area contributed by atoms with Crippen molar-refractivity contribution < 1.29 is 9.90 Å². The zero-order valence-electron chi connectivity index (χ0n) is 11.9. The van der Waals surface area contributed by atoms with Crippen molar-refractivity contribution in [3.05, 3.63) is 40.4 Å². The standard InChI is InChI=1S/C15H17ClN2O2S/c1-10(19)7-8-18(2)15(20)13-9-21-14(17-13)11-3-5-12(16)6-4-11/h3-6,9-10,19H,7-8H2,1-2H3. The first-order chi connectivity index (χ1) is 9.97. The molecule has 4 nitrogen and oxygen atoms in total. The molecule has 1 N–H and O–H groups in total. The molecule has 0 radical (unpaired) electrons. The van der Waals surface area contributed by atoms with Gasteiger partial charge in [-0.05, 0) is 25.5 Å². The summed E-state index contributed by atoms with van der Waals surface area (Å²) < 4.78 is 0. The second-order valence-electron chi connectivity index (χ2n) is 4.91. The molecule has 1 atom stereocenters. The Balaban J connectivity index is 2.08. The lowest BCUT2D eigenvalue weighted by atomic mass is 10.2. The molecule has 112 valence electrons. The fourth-order valence-corrected chi connectivity index (χ4v) is 2.70. The molecule has 2 aromatic rings. The second kappa shape index (κ2) is 7.02. The lowest BCUT2D eigenvalue weighted by Gasteiger charge is -2.16. The van der Waals surface area contributed by atoms with Crippen molar-refractivity contribution in [3.8, 4) is 10.6 Å². The number of halogens is 1. The van der Waals surface area contributed by atoms with Gasteiger partial charge >= 0.3 is 0 Å². The number of hydrogen-bond donors (Lipinski definition) is 1. The molecule has 0 fully saturated rings. The van der Waals surface area contributed by atoms with Crippen molar-refractivity contribution in [1.82, 2.24) is 9.88 Å². The minimum atomic E-state index is -0.416. The maximum absolute atomic E-state index is 12.2. The Morgan fingerprint density at radius 2 is 2.10 bits per heavy atom. The van der Waals surface area contributed by atoms with Crippen LogP contribution in [-0.2, 0) is 0 Å². The van der Waals surface area contributed by atoms with E-state index in [1.807, 2.05) is 12.1 Å². The Labute approximate surface area is 133 Å². The minimum absolute atomic E-state index is 0.132. The van der Waals surface area contributed by atoms with Gasteiger partial charge in [-0.1, -0.05) is 23.7 Å². The zero-order chi connectivity index (χ0) is 15.4. The van der Waals surface area contributed by atoms with Gasteiger partial charge in [0, 0.05) is 29.6 Å². The summed E-state index contributed by atoms with van der Waals surface area (Å²) >= 11 is 7.29. The number of carbonyl (C=O) groups excluding carboxylic acids is 1. The number of thiazole rings is 1. The van der Waals surface area contributed by atoms with Gasteiger partial charge < -0.3 is 10.0 Å². The molecule has 0 aliphatic carbocycles. The van der Waals surface area contributed by atoms with Gasteiger partial charge in [0.25, 0.3) is 5.91 Å². The fourth-order valence-electron chi connectivity index (χ4n) is 1.77. The molecule has 2 rings (SSSR count). The molecule has 1 heterocycles. The minimum Gasteiger partial charge on any atom is -0.393 e. The van der Waals surface area contributed by atoms with Crippen molar-refractivity contribution in [2.45, 2.75) is 19.4 Å². The first-order valence-corrected chi connectivity index (χ1v) is 7.88. The molecule has 1 unspecified atom stereocenters. The van der Waals surface area contributed by atoms with Crippen molar-refractivity contribution in [2.75, 3.05) is 13.6 Å². The van der Waals surface area contributed by atoms with Gasteiger partial charge in [0.2, 0.25) is 0 Å². The predicted octanol–water partition coefficient (Wildman–Crippen LogP) is 3.31. The number of rotatable bonds is 5. The van der Waals surface area contributed by atoms with Gasteiger partial charge in [-0.3, -0.25) is 4.79 Å². The van der Waals surface area contributed by atoms with Crippen molar-refractivity contribution in [2.24, 2.45) is 0 Å². The van der Waals surface area contributed by atoms with E-state index in [9.17, 15) is 9.90 Å². The average molecular weight is 325 g/mol. The van der Waals surface area contributed by atoms with Gasteiger partial charge in [0.05, 0.1) is 6.10 Å². The summed E-state index contributed by atoms with van der Waals surface area (Å²) in [6.45, 7) is 2.21. The van der Waals surface area contributed by atoms with Crippen molar-refractivity contribution >= 4 is 28.8 Å². The molecule has 1 aromatic carbocycles. The van der Waals surface area contributed by atoms with E-state index in [0.717, 1.165) is 10.6 Å². The number of aliphatic hydroxyl groups excluding tert-OH is 1. The topological polar surface area (TPSA) is 53.4 Å². The number of aliphatic hydroxyl groups is 1. The van der Waals surface area contributed by atoms with Crippen LogP contribution in [0.3, 0.4) is 0 Å². The maximum Gasteiger partial charge on any atom is 0.273 e. The van der Waals surface area contributed by atoms with Crippen LogP contribution in [0.5, 0.6) is 0 Å². The van der Waals surface area contributed by atoms with E-state index in [1.54, 1.807) is 36.4 Å². The van der Waals surface area contributed by atoms with E-state index < -0.39 is 6.10 Å². The lowest BCUT2D eigenvalue weighted by Crippen LogP contribution is -2.29. The van der Waals surface area contributed by atoms with Crippen LogP contribution >= 0.6 is 22.9 Å². The molecule has 21 heavy (non-hydrogen) atoms. The first-order valence-electron chi connectivity index (χ1n) is 6.62. The van der Waals surface area contributed by atoms with Crippen LogP contribution < -0.4 is 0 Å². The van der Waals surface area contributed by atoms with Crippen LogP contribution in [0.25, 0.3) is 10.6 Å². The van der Waals surface area contributed by atoms with Gasteiger partial charge in [-0.15, -0.1) is 11.3 Å². The molecule has 0 bridgehead atoms. The van der Waals surface area contributed by atoms with Crippen LogP contribution in [0, 0.1) is 0 Å². The van der Waals surface area contributed by atoms with Crippen LogP contribution in [0.4, 0.5) is 0 Å². The third-order valence-electron chi connectivity index (χ3n) is 3.04. The predicted molar refractivity (Wildman–Crippen MR) is 85.8 cm³/mol. The number of hydrogen-bond acceptors (Lipinski definition) is 4. The molecule has 0 aliphatic rings. The average Bonchev–Trinajstić information content (AvgIpc) is 2.94. The second-order valence-corrected chi connectivity index (χ2v) is 6.20. The molecule has 0 aliphatic heterocycles. The smallest absolute Gasteiger partial charge is 0.273 e. The van der Waals surface area contributed by atoms with Gasteiger partial charge in [-0.25, -0.2) is 4.98 Å². The molecule has 0 saturated carbocycles. The maximum atomic E-state index is 12.2.